The molecule has 1 atom stereocenters. The van der Waals surface area contributed by atoms with Gasteiger partial charge >= 0.3 is 5.97 Å². The standard InChI is InChI=1S/C18H24N2O5S/c1-13-5-2-3-10-20(13)26(24,25)16-7-4-6-14(11-16)18(23)19(12-17(21)22)15-8-9-15/h4,6-7,11,13,15H,2-3,5,8-10,12H2,1H3,(H,21,22). The Morgan fingerprint density at radius 3 is 2.58 bits per heavy atom. The van der Waals surface area contributed by atoms with Crippen LogP contribution in [-0.4, -0.2) is 59.8 Å². The van der Waals surface area contributed by atoms with Crippen LogP contribution < -0.4 is 0 Å². The van der Waals surface area contributed by atoms with Crippen LogP contribution in [0.15, 0.2) is 29.2 Å². The van der Waals surface area contributed by atoms with E-state index in [0.29, 0.717) is 6.54 Å². The number of piperidine rings is 1. The van der Waals surface area contributed by atoms with E-state index in [2.05, 4.69) is 0 Å². The van der Waals surface area contributed by atoms with E-state index in [1.807, 2.05) is 6.92 Å². The van der Waals surface area contributed by atoms with Gasteiger partial charge in [0.05, 0.1) is 4.90 Å². The Balaban J connectivity index is 1.87. The fraction of sp³-hybridized carbons (Fsp3) is 0.556. The molecule has 1 saturated carbocycles. The number of carbonyl (C=O) groups excluding carboxylic acids is 1. The van der Waals surface area contributed by atoms with Crippen LogP contribution in [0.3, 0.4) is 0 Å². The fourth-order valence-corrected chi connectivity index (χ4v) is 5.16. The van der Waals surface area contributed by atoms with Crippen molar-refractivity contribution in [3.8, 4) is 0 Å². The van der Waals surface area contributed by atoms with Crippen LogP contribution in [0.2, 0.25) is 0 Å². The summed E-state index contributed by atoms with van der Waals surface area (Å²) < 4.78 is 27.4. The van der Waals surface area contributed by atoms with Gasteiger partial charge in [-0.15, -0.1) is 0 Å². The fourth-order valence-electron chi connectivity index (χ4n) is 3.42. The van der Waals surface area contributed by atoms with Gasteiger partial charge in [-0.3, -0.25) is 9.59 Å². The van der Waals surface area contributed by atoms with Gasteiger partial charge in [0, 0.05) is 24.2 Å². The molecule has 142 valence electrons. The summed E-state index contributed by atoms with van der Waals surface area (Å²) in [5.41, 5.74) is 0.212. The van der Waals surface area contributed by atoms with Gasteiger partial charge in [-0.1, -0.05) is 12.5 Å². The molecule has 1 saturated heterocycles. The summed E-state index contributed by atoms with van der Waals surface area (Å²) >= 11 is 0. The lowest BCUT2D eigenvalue weighted by atomic mass is 10.1. The van der Waals surface area contributed by atoms with Gasteiger partial charge < -0.3 is 10.0 Å². The molecule has 1 heterocycles. The summed E-state index contributed by atoms with van der Waals surface area (Å²) in [5.74, 6) is -1.50. The highest BCUT2D eigenvalue weighted by Crippen LogP contribution is 2.29. The molecule has 2 aliphatic rings. The molecule has 0 bridgehead atoms. The third kappa shape index (κ3) is 3.91. The quantitative estimate of drug-likeness (QED) is 0.814. The van der Waals surface area contributed by atoms with Crippen LogP contribution in [0.1, 0.15) is 49.4 Å². The molecule has 1 aromatic carbocycles. The van der Waals surface area contributed by atoms with Crippen molar-refractivity contribution in [2.75, 3.05) is 13.1 Å². The number of carbonyl (C=O) groups is 2. The number of hydrogen-bond acceptors (Lipinski definition) is 4. The Kier molecular flexibility index (Phi) is 5.34. The smallest absolute Gasteiger partial charge is 0.323 e. The van der Waals surface area contributed by atoms with E-state index in [0.717, 1.165) is 32.1 Å². The number of hydrogen-bond donors (Lipinski definition) is 1. The number of benzene rings is 1. The second-order valence-corrected chi connectivity index (χ2v) is 8.94. The first kappa shape index (κ1) is 18.8. The van der Waals surface area contributed by atoms with Gasteiger partial charge in [0.25, 0.3) is 5.91 Å². The van der Waals surface area contributed by atoms with Crippen molar-refractivity contribution in [2.45, 2.75) is 56.0 Å². The number of rotatable bonds is 6. The van der Waals surface area contributed by atoms with E-state index in [-0.39, 0.29) is 29.1 Å². The summed E-state index contributed by atoms with van der Waals surface area (Å²) in [4.78, 5) is 25.2. The number of nitrogens with zero attached hydrogens (tertiary/aromatic N) is 2. The minimum atomic E-state index is -3.67. The topological polar surface area (TPSA) is 95.0 Å². The van der Waals surface area contributed by atoms with E-state index in [4.69, 9.17) is 5.11 Å². The second-order valence-electron chi connectivity index (χ2n) is 7.05. The number of carboxylic acid groups (broad SMARTS) is 1. The van der Waals surface area contributed by atoms with Gasteiger partial charge in [-0.05, 0) is 50.8 Å². The zero-order chi connectivity index (χ0) is 18.9. The SMILES string of the molecule is CC1CCCCN1S(=O)(=O)c1cccc(C(=O)N(CC(=O)O)C2CC2)c1. The predicted molar refractivity (Wildman–Crippen MR) is 95.3 cm³/mol. The number of sulfonamides is 1. The normalized spacial score (nSPS) is 21.3. The Bertz CT molecular complexity index is 804. The third-order valence-electron chi connectivity index (χ3n) is 4.98. The van der Waals surface area contributed by atoms with Crippen LogP contribution in [0.4, 0.5) is 0 Å². The molecule has 1 unspecified atom stereocenters. The molecule has 26 heavy (non-hydrogen) atoms. The van der Waals surface area contributed by atoms with Crippen molar-refractivity contribution in [1.29, 1.82) is 0 Å². The highest BCUT2D eigenvalue weighted by Gasteiger charge is 2.35. The van der Waals surface area contributed by atoms with Gasteiger partial charge in [-0.25, -0.2) is 8.42 Å². The Morgan fingerprint density at radius 1 is 1.23 bits per heavy atom. The third-order valence-corrected chi connectivity index (χ3v) is 6.99. The maximum absolute atomic E-state index is 13.0. The van der Waals surface area contributed by atoms with E-state index in [1.54, 1.807) is 6.07 Å². The molecule has 0 aromatic heterocycles. The molecule has 1 N–H and O–H groups in total. The Labute approximate surface area is 153 Å². The van der Waals surface area contributed by atoms with Gasteiger partial charge in [0.2, 0.25) is 10.0 Å². The monoisotopic (exact) mass is 380 g/mol. The first-order chi connectivity index (χ1) is 12.3. The number of carboxylic acids is 1. The lowest BCUT2D eigenvalue weighted by Gasteiger charge is -2.32. The summed E-state index contributed by atoms with van der Waals surface area (Å²) in [6.45, 7) is 2.01. The molecule has 7 nitrogen and oxygen atoms in total. The van der Waals surface area contributed by atoms with Gasteiger partial charge in [0.15, 0.2) is 0 Å². The van der Waals surface area contributed by atoms with Crippen molar-refractivity contribution in [3.63, 3.8) is 0 Å². The lowest BCUT2D eigenvalue weighted by molar-refractivity contribution is -0.137. The molecule has 1 amide bonds. The summed E-state index contributed by atoms with van der Waals surface area (Å²) in [5, 5.41) is 9.04. The van der Waals surface area contributed by atoms with E-state index >= 15 is 0 Å². The van der Waals surface area contributed by atoms with E-state index in [1.165, 1.54) is 27.4 Å². The molecule has 2 fully saturated rings. The van der Waals surface area contributed by atoms with E-state index < -0.39 is 21.9 Å². The van der Waals surface area contributed by atoms with E-state index in [9.17, 15) is 18.0 Å². The summed E-state index contributed by atoms with van der Waals surface area (Å²) in [6.07, 6.45) is 4.23. The zero-order valence-electron chi connectivity index (χ0n) is 14.8. The van der Waals surface area contributed by atoms with Crippen molar-refractivity contribution < 1.29 is 23.1 Å². The molecule has 1 aliphatic heterocycles. The summed E-state index contributed by atoms with van der Waals surface area (Å²) in [6, 6.07) is 5.81. The van der Waals surface area contributed by atoms with Gasteiger partial charge in [0.1, 0.15) is 6.54 Å². The molecule has 1 aromatic rings. The molecular formula is C18H24N2O5S. The summed E-state index contributed by atoms with van der Waals surface area (Å²) in [7, 11) is -3.67. The minimum Gasteiger partial charge on any atom is -0.480 e. The molecular weight excluding hydrogens is 356 g/mol. The first-order valence-electron chi connectivity index (χ1n) is 8.95. The average molecular weight is 380 g/mol. The van der Waals surface area contributed by atoms with Crippen molar-refractivity contribution in [1.82, 2.24) is 9.21 Å². The van der Waals surface area contributed by atoms with Crippen LogP contribution in [-0.2, 0) is 14.8 Å². The molecule has 3 rings (SSSR count). The minimum absolute atomic E-state index is 0.0666. The largest absolute Gasteiger partial charge is 0.480 e. The Morgan fingerprint density at radius 2 is 1.96 bits per heavy atom. The van der Waals surface area contributed by atoms with Crippen LogP contribution >= 0.6 is 0 Å². The first-order valence-corrected chi connectivity index (χ1v) is 10.4. The maximum Gasteiger partial charge on any atom is 0.323 e. The van der Waals surface area contributed by atoms with Crippen LogP contribution in [0.25, 0.3) is 0 Å². The van der Waals surface area contributed by atoms with Crippen LogP contribution in [0.5, 0.6) is 0 Å². The van der Waals surface area contributed by atoms with Crippen molar-refractivity contribution in [3.05, 3.63) is 29.8 Å². The highest BCUT2D eigenvalue weighted by molar-refractivity contribution is 7.89. The maximum atomic E-state index is 13.0. The highest BCUT2D eigenvalue weighted by atomic mass is 32.2. The number of aliphatic carboxylic acids is 1. The van der Waals surface area contributed by atoms with Crippen molar-refractivity contribution in [2.24, 2.45) is 0 Å². The second kappa shape index (κ2) is 7.36. The molecule has 0 spiro atoms. The Hall–Kier alpha value is -1.93. The van der Waals surface area contributed by atoms with Crippen LogP contribution in [0, 0.1) is 0 Å². The molecule has 1 aliphatic carbocycles. The molecule has 8 heteroatoms. The predicted octanol–water partition coefficient (Wildman–Crippen LogP) is 1.94. The zero-order valence-corrected chi connectivity index (χ0v) is 15.6. The molecule has 0 radical (unpaired) electrons. The van der Waals surface area contributed by atoms with Crippen molar-refractivity contribution >= 4 is 21.9 Å². The number of amides is 1. The average Bonchev–Trinajstić information content (AvgIpc) is 3.44. The lowest BCUT2D eigenvalue weighted by Crippen LogP contribution is -2.42. The van der Waals surface area contributed by atoms with Gasteiger partial charge in [-0.2, -0.15) is 4.31 Å².